The van der Waals surface area contributed by atoms with Crippen LogP contribution in [0.3, 0.4) is 0 Å². The van der Waals surface area contributed by atoms with Crippen molar-refractivity contribution in [2.75, 3.05) is 24.5 Å². The third kappa shape index (κ3) is 3.88. The second-order valence-electron chi connectivity index (χ2n) is 9.16. The second-order valence-corrected chi connectivity index (χ2v) is 9.16. The molecule has 0 bridgehead atoms. The van der Waals surface area contributed by atoms with E-state index >= 15 is 0 Å². The zero-order chi connectivity index (χ0) is 22.2. The van der Waals surface area contributed by atoms with Gasteiger partial charge in [0.05, 0.1) is 12.2 Å². The number of hydrogen-bond donors (Lipinski definition) is 0. The van der Waals surface area contributed by atoms with Crippen LogP contribution in [0.5, 0.6) is 0 Å². The number of likely N-dealkylation sites (tertiary alicyclic amines) is 2. The van der Waals surface area contributed by atoms with Crippen LogP contribution in [0.1, 0.15) is 43.5 Å². The molecular formula is C26H33N5O. The van der Waals surface area contributed by atoms with Gasteiger partial charge in [0.25, 0.3) is 0 Å². The lowest BCUT2D eigenvalue weighted by Gasteiger charge is -2.25. The fourth-order valence-electron chi connectivity index (χ4n) is 5.45. The molecule has 2 aromatic heterocycles. The summed E-state index contributed by atoms with van der Waals surface area (Å²) in [6.07, 6.45) is 5.81. The molecule has 1 amide bonds. The smallest absolute Gasteiger partial charge is 0.224 e. The van der Waals surface area contributed by atoms with E-state index in [-0.39, 0.29) is 5.91 Å². The molecule has 2 aliphatic heterocycles. The number of carbonyl (C=O) groups is 1. The van der Waals surface area contributed by atoms with E-state index in [1.165, 1.54) is 16.8 Å². The van der Waals surface area contributed by atoms with Gasteiger partial charge in [-0.2, -0.15) is 0 Å². The number of imidazole rings is 1. The molecule has 2 saturated heterocycles. The Hall–Kier alpha value is -2.86. The number of benzene rings is 1. The summed E-state index contributed by atoms with van der Waals surface area (Å²) in [6.45, 7) is 11.1. The lowest BCUT2D eigenvalue weighted by atomic mass is 10.1. The first-order chi connectivity index (χ1) is 15.6. The SMILES string of the molecule is CCN(CC)c1ccc(CN2CC[C@H]3[C@@H]2CC(=O)N3Cc2cn3cc(C)ccc3n2)cc1. The molecule has 0 saturated carbocycles. The van der Waals surface area contributed by atoms with Crippen molar-refractivity contribution in [3.8, 4) is 0 Å². The van der Waals surface area contributed by atoms with Crippen molar-refractivity contribution < 1.29 is 4.79 Å². The van der Waals surface area contributed by atoms with Crippen molar-refractivity contribution in [2.45, 2.75) is 58.8 Å². The van der Waals surface area contributed by atoms with Crippen LogP contribution < -0.4 is 4.90 Å². The average molecular weight is 432 g/mol. The standard InChI is InChI=1S/C26H33N5O/c1-4-28(5-2)22-9-7-20(8-10-22)16-29-13-12-23-24(29)14-26(32)31(23)18-21-17-30-15-19(3)6-11-25(30)27-21/h6-11,15,17,23-24H,4-5,12-14,16,18H2,1-3H3/t23-,24-/m0/s1. The van der Waals surface area contributed by atoms with Gasteiger partial charge in [-0.3, -0.25) is 9.69 Å². The highest BCUT2D eigenvalue weighted by molar-refractivity contribution is 5.80. The van der Waals surface area contributed by atoms with Crippen LogP contribution in [0.25, 0.3) is 5.65 Å². The van der Waals surface area contributed by atoms with Crippen molar-refractivity contribution in [1.82, 2.24) is 19.2 Å². The van der Waals surface area contributed by atoms with Gasteiger partial charge in [0.1, 0.15) is 5.65 Å². The van der Waals surface area contributed by atoms with Crippen LogP contribution in [0.15, 0.2) is 48.8 Å². The highest BCUT2D eigenvalue weighted by atomic mass is 16.2. The summed E-state index contributed by atoms with van der Waals surface area (Å²) < 4.78 is 2.06. The molecule has 4 heterocycles. The van der Waals surface area contributed by atoms with Crippen molar-refractivity contribution in [1.29, 1.82) is 0 Å². The van der Waals surface area contributed by atoms with E-state index in [0.29, 0.717) is 25.0 Å². The third-order valence-corrected chi connectivity index (χ3v) is 7.16. The Labute approximate surface area is 190 Å². The van der Waals surface area contributed by atoms with Crippen molar-refractivity contribution >= 4 is 17.2 Å². The van der Waals surface area contributed by atoms with Crippen LogP contribution in [-0.2, 0) is 17.9 Å². The minimum atomic E-state index is 0.259. The van der Waals surface area contributed by atoms with Crippen LogP contribution in [-0.4, -0.2) is 56.8 Å². The Kier molecular flexibility index (Phi) is 5.64. The molecule has 5 rings (SSSR count). The van der Waals surface area contributed by atoms with Crippen LogP contribution in [0, 0.1) is 6.92 Å². The number of anilines is 1. The second kappa shape index (κ2) is 8.58. The highest BCUT2D eigenvalue weighted by Crippen LogP contribution is 2.34. The topological polar surface area (TPSA) is 44.1 Å². The van der Waals surface area contributed by atoms with Gasteiger partial charge >= 0.3 is 0 Å². The van der Waals surface area contributed by atoms with Gasteiger partial charge in [-0.1, -0.05) is 18.2 Å². The number of pyridine rings is 1. The van der Waals surface area contributed by atoms with E-state index in [2.05, 4.69) is 82.6 Å². The van der Waals surface area contributed by atoms with Crippen molar-refractivity contribution in [3.63, 3.8) is 0 Å². The molecule has 0 aliphatic carbocycles. The fraction of sp³-hybridized carbons (Fsp3) is 0.462. The monoisotopic (exact) mass is 431 g/mol. The van der Waals surface area contributed by atoms with E-state index in [1.807, 2.05) is 6.07 Å². The Bertz CT molecular complexity index is 1100. The number of nitrogens with zero attached hydrogens (tertiary/aromatic N) is 5. The third-order valence-electron chi connectivity index (χ3n) is 7.16. The highest BCUT2D eigenvalue weighted by Gasteiger charge is 2.46. The minimum absolute atomic E-state index is 0.259. The first-order valence-electron chi connectivity index (χ1n) is 11.9. The molecule has 2 aliphatic rings. The Morgan fingerprint density at radius 1 is 1.00 bits per heavy atom. The first kappa shape index (κ1) is 21.0. The van der Waals surface area contributed by atoms with Crippen molar-refractivity contribution in [3.05, 3.63) is 65.6 Å². The zero-order valence-corrected chi connectivity index (χ0v) is 19.4. The number of rotatable bonds is 7. The van der Waals surface area contributed by atoms with Gasteiger partial charge in [-0.05, 0) is 56.5 Å². The molecule has 3 aromatic rings. The van der Waals surface area contributed by atoms with Crippen molar-refractivity contribution in [2.24, 2.45) is 0 Å². The van der Waals surface area contributed by atoms with E-state index in [0.717, 1.165) is 43.9 Å². The van der Waals surface area contributed by atoms with Gasteiger partial charge < -0.3 is 14.2 Å². The predicted molar refractivity (Wildman–Crippen MR) is 128 cm³/mol. The summed E-state index contributed by atoms with van der Waals surface area (Å²) in [6, 6.07) is 13.7. The first-order valence-corrected chi connectivity index (χ1v) is 11.9. The van der Waals surface area contributed by atoms with Crippen LogP contribution in [0.2, 0.25) is 0 Å². The largest absolute Gasteiger partial charge is 0.372 e. The summed E-state index contributed by atoms with van der Waals surface area (Å²) in [5, 5.41) is 0. The molecule has 168 valence electrons. The number of carbonyl (C=O) groups excluding carboxylic acids is 1. The Morgan fingerprint density at radius 2 is 1.78 bits per heavy atom. The Balaban J connectivity index is 1.26. The lowest BCUT2D eigenvalue weighted by Crippen LogP contribution is -2.36. The molecule has 6 heteroatoms. The molecular weight excluding hydrogens is 398 g/mol. The maximum atomic E-state index is 12.9. The molecule has 0 N–H and O–H groups in total. The maximum Gasteiger partial charge on any atom is 0.224 e. The van der Waals surface area contributed by atoms with Gasteiger partial charge in [-0.15, -0.1) is 0 Å². The molecule has 0 radical (unpaired) electrons. The van der Waals surface area contributed by atoms with E-state index in [1.54, 1.807) is 0 Å². The van der Waals surface area contributed by atoms with Crippen LogP contribution >= 0.6 is 0 Å². The van der Waals surface area contributed by atoms with Gasteiger partial charge in [-0.25, -0.2) is 4.98 Å². The van der Waals surface area contributed by atoms with E-state index in [9.17, 15) is 4.79 Å². The van der Waals surface area contributed by atoms with E-state index < -0.39 is 0 Å². The fourth-order valence-corrected chi connectivity index (χ4v) is 5.45. The quantitative estimate of drug-likeness (QED) is 0.570. The number of hydrogen-bond acceptors (Lipinski definition) is 4. The van der Waals surface area contributed by atoms with Gasteiger partial charge in [0, 0.05) is 62.8 Å². The number of aromatic nitrogens is 2. The van der Waals surface area contributed by atoms with Gasteiger partial charge in [0.15, 0.2) is 0 Å². The van der Waals surface area contributed by atoms with Gasteiger partial charge in [0.2, 0.25) is 5.91 Å². The number of aryl methyl sites for hydroxylation is 1. The average Bonchev–Trinajstić information content (AvgIpc) is 3.45. The molecule has 32 heavy (non-hydrogen) atoms. The summed E-state index contributed by atoms with van der Waals surface area (Å²) >= 11 is 0. The predicted octanol–water partition coefficient (Wildman–Crippen LogP) is 3.86. The van der Waals surface area contributed by atoms with E-state index in [4.69, 9.17) is 4.98 Å². The minimum Gasteiger partial charge on any atom is -0.372 e. The number of amides is 1. The maximum absolute atomic E-state index is 12.9. The summed E-state index contributed by atoms with van der Waals surface area (Å²) in [7, 11) is 0. The molecule has 6 nitrogen and oxygen atoms in total. The molecule has 0 spiro atoms. The molecule has 0 unspecified atom stereocenters. The normalized spacial score (nSPS) is 21.0. The Morgan fingerprint density at radius 3 is 2.53 bits per heavy atom. The summed E-state index contributed by atoms with van der Waals surface area (Å²) in [4.78, 5) is 24.6. The molecule has 2 fully saturated rings. The summed E-state index contributed by atoms with van der Waals surface area (Å²) in [5.74, 6) is 0.259. The molecule has 1 aromatic carbocycles. The summed E-state index contributed by atoms with van der Waals surface area (Å²) in [5.41, 5.74) is 5.71. The van der Waals surface area contributed by atoms with Crippen LogP contribution in [0.4, 0.5) is 5.69 Å². The lowest BCUT2D eigenvalue weighted by molar-refractivity contribution is -0.129. The molecule has 2 atom stereocenters. The zero-order valence-electron chi connectivity index (χ0n) is 19.4. The number of fused-ring (bicyclic) bond motifs is 2.